The van der Waals surface area contributed by atoms with Crippen LogP contribution in [0.15, 0.2) is 53.2 Å². The Morgan fingerprint density at radius 2 is 1.78 bits per heavy atom. The predicted octanol–water partition coefficient (Wildman–Crippen LogP) is 4.00. The summed E-state index contributed by atoms with van der Waals surface area (Å²) in [7, 11) is 2.12. The van der Waals surface area contributed by atoms with E-state index in [9.17, 15) is 13.2 Å². The molecule has 4 aromatic rings. The number of benzene rings is 1. The zero-order chi connectivity index (χ0) is 25.3. The molecular weight excluding hydrogens is 475 g/mol. The van der Waals surface area contributed by atoms with Gasteiger partial charge in [0.1, 0.15) is 11.6 Å². The van der Waals surface area contributed by atoms with Crippen molar-refractivity contribution in [1.82, 2.24) is 29.8 Å². The van der Waals surface area contributed by atoms with Gasteiger partial charge >= 0.3 is 6.36 Å². The largest absolute Gasteiger partial charge is 0.573 e. The van der Waals surface area contributed by atoms with Crippen LogP contribution in [0.4, 0.5) is 19.0 Å². The van der Waals surface area contributed by atoms with Crippen LogP contribution in [0.5, 0.6) is 5.75 Å². The first-order valence-electron chi connectivity index (χ1n) is 11.4. The van der Waals surface area contributed by atoms with Crippen molar-refractivity contribution in [1.29, 1.82) is 0 Å². The van der Waals surface area contributed by atoms with E-state index in [1.807, 2.05) is 29.9 Å². The lowest BCUT2D eigenvalue weighted by Gasteiger charge is -2.33. The van der Waals surface area contributed by atoms with Crippen molar-refractivity contribution in [2.24, 2.45) is 0 Å². The minimum atomic E-state index is -4.75. The Hall–Kier alpha value is -3.93. The van der Waals surface area contributed by atoms with Gasteiger partial charge in [0, 0.05) is 43.6 Å². The first-order chi connectivity index (χ1) is 17.2. The molecule has 1 aromatic carbocycles. The number of hydrogen-bond donors (Lipinski definition) is 0. The number of nitrogens with zero attached hydrogens (tertiary/aromatic N) is 7. The van der Waals surface area contributed by atoms with E-state index in [4.69, 9.17) is 4.52 Å². The molecule has 3 aromatic heterocycles. The predicted molar refractivity (Wildman–Crippen MR) is 125 cm³/mol. The number of aryl methyl sites for hydroxylation is 1. The molecular formula is C24H24F3N7O2. The average molecular weight is 499 g/mol. The topological polar surface area (TPSA) is 85.3 Å². The van der Waals surface area contributed by atoms with Crippen LogP contribution in [0.3, 0.4) is 0 Å². The Balaban J connectivity index is 1.29. The minimum absolute atomic E-state index is 0.218. The Kier molecular flexibility index (Phi) is 6.35. The van der Waals surface area contributed by atoms with Gasteiger partial charge in [0.25, 0.3) is 5.89 Å². The van der Waals surface area contributed by atoms with Gasteiger partial charge in [-0.1, -0.05) is 5.16 Å². The van der Waals surface area contributed by atoms with Gasteiger partial charge in [-0.15, -0.1) is 13.2 Å². The summed E-state index contributed by atoms with van der Waals surface area (Å²) in [6.07, 6.45) is -2.93. The molecule has 5 rings (SSSR count). The van der Waals surface area contributed by atoms with Gasteiger partial charge in [0.2, 0.25) is 5.82 Å². The maximum Gasteiger partial charge on any atom is 0.573 e. The Morgan fingerprint density at radius 3 is 2.50 bits per heavy atom. The Labute approximate surface area is 205 Å². The summed E-state index contributed by atoms with van der Waals surface area (Å²) in [5.41, 5.74) is 2.99. The fourth-order valence-electron chi connectivity index (χ4n) is 3.97. The second-order valence-electron chi connectivity index (χ2n) is 8.64. The molecule has 0 radical (unpaired) electrons. The van der Waals surface area contributed by atoms with Gasteiger partial charge in [-0.3, -0.25) is 4.68 Å². The lowest BCUT2D eigenvalue weighted by molar-refractivity contribution is -0.274. The van der Waals surface area contributed by atoms with Crippen LogP contribution in [0, 0.1) is 6.92 Å². The number of likely N-dealkylation sites (N-methyl/N-ethyl adjacent to an activating group) is 1. The molecule has 1 fully saturated rings. The van der Waals surface area contributed by atoms with Crippen molar-refractivity contribution in [3.05, 3.63) is 59.9 Å². The number of rotatable bonds is 6. The van der Waals surface area contributed by atoms with Crippen LogP contribution in [0.1, 0.15) is 11.3 Å². The molecule has 4 heterocycles. The number of piperazine rings is 1. The number of halogens is 3. The SMILES string of the molecule is Cc1cc(-c2nc(-c3ccc(OC(F)(F)F)cc3)no2)nn1Cc1ccnc(N2CCN(C)CC2)c1. The van der Waals surface area contributed by atoms with E-state index in [0.717, 1.165) is 43.3 Å². The van der Waals surface area contributed by atoms with Gasteiger partial charge in [-0.25, -0.2) is 4.98 Å². The lowest BCUT2D eigenvalue weighted by Crippen LogP contribution is -2.44. The third-order valence-electron chi connectivity index (χ3n) is 5.94. The van der Waals surface area contributed by atoms with Gasteiger partial charge < -0.3 is 19.1 Å². The summed E-state index contributed by atoms with van der Waals surface area (Å²) in [5, 5.41) is 8.57. The number of anilines is 1. The van der Waals surface area contributed by atoms with E-state index in [0.29, 0.717) is 17.8 Å². The fraction of sp³-hybridized carbons (Fsp3) is 0.333. The number of aromatic nitrogens is 5. The summed E-state index contributed by atoms with van der Waals surface area (Å²) >= 11 is 0. The average Bonchev–Trinajstić information content (AvgIpc) is 3.47. The van der Waals surface area contributed by atoms with E-state index in [-0.39, 0.29) is 17.5 Å². The zero-order valence-electron chi connectivity index (χ0n) is 19.7. The molecule has 0 N–H and O–H groups in total. The normalized spacial score (nSPS) is 14.9. The molecule has 0 unspecified atom stereocenters. The minimum Gasteiger partial charge on any atom is -0.406 e. The molecule has 0 amide bonds. The maximum atomic E-state index is 12.4. The molecule has 0 saturated carbocycles. The van der Waals surface area contributed by atoms with Gasteiger partial charge in [-0.2, -0.15) is 10.1 Å². The first-order valence-corrected chi connectivity index (χ1v) is 11.4. The van der Waals surface area contributed by atoms with E-state index < -0.39 is 6.36 Å². The highest BCUT2D eigenvalue weighted by molar-refractivity contribution is 5.59. The van der Waals surface area contributed by atoms with E-state index in [2.05, 4.69) is 47.9 Å². The van der Waals surface area contributed by atoms with Crippen LogP contribution >= 0.6 is 0 Å². The fourth-order valence-corrected chi connectivity index (χ4v) is 3.97. The van der Waals surface area contributed by atoms with Crippen molar-refractivity contribution >= 4 is 5.82 Å². The number of ether oxygens (including phenoxy) is 1. The van der Waals surface area contributed by atoms with Crippen molar-refractivity contribution in [2.45, 2.75) is 19.8 Å². The number of hydrogen-bond acceptors (Lipinski definition) is 8. The van der Waals surface area contributed by atoms with Crippen LogP contribution in [-0.2, 0) is 6.54 Å². The van der Waals surface area contributed by atoms with Crippen molar-refractivity contribution in [2.75, 3.05) is 38.1 Å². The summed E-state index contributed by atoms with van der Waals surface area (Å²) < 4.78 is 48.2. The molecule has 0 atom stereocenters. The van der Waals surface area contributed by atoms with Crippen molar-refractivity contribution in [3.63, 3.8) is 0 Å². The van der Waals surface area contributed by atoms with Crippen LogP contribution < -0.4 is 9.64 Å². The lowest BCUT2D eigenvalue weighted by atomic mass is 10.2. The summed E-state index contributed by atoms with van der Waals surface area (Å²) in [4.78, 5) is 13.5. The molecule has 9 nitrogen and oxygen atoms in total. The van der Waals surface area contributed by atoms with Gasteiger partial charge in [0.05, 0.1) is 6.54 Å². The molecule has 1 aliphatic heterocycles. The van der Waals surface area contributed by atoms with Crippen molar-refractivity contribution < 1.29 is 22.4 Å². The quantitative estimate of drug-likeness (QED) is 0.394. The zero-order valence-corrected chi connectivity index (χ0v) is 19.7. The van der Waals surface area contributed by atoms with E-state index in [1.54, 1.807) is 0 Å². The second-order valence-corrected chi connectivity index (χ2v) is 8.64. The van der Waals surface area contributed by atoms with Crippen molar-refractivity contribution in [3.8, 4) is 28.7 Å². The highest BCUT2D eigenvalue weighted by Gasteiger charge is 2.31. The van der Waals surface area contributed by atoms with Gasteiger partial charge in [-0.05, 0) is 62.0 Å². The standard InChI is InChI=1S/C24H24F3N7O2/c1-16-13-20(23-29-22(31-36-23)18-3-5-19(6-4-18)35-24(25,26)27)30-34(16)15-17-7-8-28-21(14-17)33-11-9-32(2)10-12-33/h3-8,13-14H,9-12,15H2,1-2H3. The number of alkyl halides is 3. The first kappa shape index (κ1) is 23.8. The molecule has 1 aliphatic rings. The van der Waals surface area contributed by atoms with Crippen LogP contribution in [0.2, 0.25) is 0 Å². The van der Waals surface area contributed by atoms with Crippen LogP contribution in [0.25, 0.3) is 23.0 Å². The van der Waals surface area contributed by atoms with E-state index >= 15 is 0 Å². The van der Waals surface area contributed by atoms with Gasteiger partial charge in [0.15, 0.2) is 5.69 Å². The summed E-state index contributed by atoms with van der Waals surface area (Å²) in [6, 6.07) is 11.2. The Bertz CT molecular complexity index is 1330. The highest BCUT2D eigenvalue weighted by Crippen LogP contribution is 2.27. The second kappa shape index (κ2) is 9.61. The molecule has 0 aliphatic carbocycles. The molecule has 12 heteroatoms. The molecule has 36 heavy (non-hydrogen) atoms. The monoisotopic (exact) mass is 499 g/mol. The Morgan fingerprint density at radius 1 is 1.03 bits per heavy atom. The molecule has 0 bridgehead atoms. The summed E-state index contributed by atoms with van der Waals surface area (Å²) in [5.74, 6) is 1.09. The summed E-state index contributed by atoms with van der Waals surface area (Å²) in [6.45, 7) is 6.38. The number of pyridine rings is 1. The van der Waals surface area contributed by atoms with Crippen LogP contribution in [-0.4, -0.2) is 69.4 Å². The molecule has 1 saturated heterocycles. The third-order valence-corrected chi connectivity index (χ3v) is 5.94. The third kappa shape index (κ3) is 5.48. The molecule has 188 valence electrons. The van der Waals surface area contributed by atoms with E-state index in [1.165, 1.54) is 24.3 Å². The molecule has 0 spiro atoms. The highest BCUT2D eigenvalue weighted by atomic mass is 19.4. The smallest absolute Gasteiger partial charge is 0.406 e. The maximum absolute atomic E-state index is 12.4.